The summed E-state index contributed by atoms with van der Waals surface area (Å²) in [5.74, 6) is 0.167. The molecule has 7 N–H and O–H groups in total. The third kappa shape index (κ3) is 5.09. The lowest BCUT2D eigenvalue weighted by atomic mass is 10.3. The number of nitrogens with two attached hydrogens (primary N) is 3. The molecular formula is C12H14N6O3S2. The van der Waals surface area contributed by atoms with Crippen molar-refractivity contribution >= 4 is 45.0 Å². The van der Waals surface area contributed by atoms with Gasteiger partial charge >= 0.3 is 0 Å². The number of hydrogen-bond acceptors (Lipinski definition) is 8. The highest BCUT2D eigenvalue weighted by Crippen LogP contribution is 2.17. The molecule has 0 aliphatic rings. The van der Waals surface area contributed by atoms with Crippen molar-refractivity contribution in [2.45, 2.75) is 10.1 Å². The average molecular weight is 354 g/mol. The zero-order chi connectivity index (χ0) is 17.0. The highest BCUT2D eigenvalue weighted by molar-refractivity contribution is 7.99. The van der Waals surface area contributed by atoms with E-state index in [1.165, 1.54) is 30.3 Å². The monoisotopic (exact) mass is 354 g/mol. The summed E-state index contributed by atoms with van der Waals surface area (Å²) < 4.78 is 22.3. The Morgan fingerprint density at radius 2 is 1.70 bits per heavy atom. The van der Waals surface area contributed by atoms with E-state index >= 15 is 0 Å². The van der Waals surface area contributed by atoms with Crippen LogP contribution in [-0.2, 0) is 14.8 Å². The van der Waals surface area contributed by atoms with E-state index in [4.69, 9.17) is 16.6 Å². The smallest absolute Gasteiger partial charge is 0.238 e. The summed E-state index contributed by atoms with van der Waals surface area (Å²) in [6.07, 6.45) is 0. The summed E-state index contributed by atoms with van der Waals surface area (Å²) in [4.78, 5) is 19.7. The first-order valence-corrected chi connectivity index (χ1v) is 8.73. The molecule has 2 rings (SSSR count). The molecule has 11 heteroatoms. The zero-order valence-corrected chi connectivity index (χ0v) is 13.4. The van der Waals surface area contributed by atoms with E-state index in [1.807, 2.05) is 0 Å². The lowest BCUT2D eigenvalue weighted by Crippen LogP contribution is -2.15. The van der Waals surface area contributed by atoms with Gasteiger partial charge in [0.2, 0.25) is 15.9 Å². The number of nitrogens with one attached hydrogen (secondary N) is 1. The van der Waals surface area contributed by atoms with Gasteiger partial charge in [-0.3, -0.25) is 4.79 Å². The second-order valence-corrected chi connectivity index (χ2v) is 6.91. The number of carbonyl (C=O) groups excluding carboxylic acids is 1. The molecule has 0 unspecified atom stereocenters. The Labute approximate surface area is 136 Å². The topological polar surface area (TPSA) is 167 Å². The Kier molecular flexibility index (Phi) is 5.03. The number of nitrogens with zero attached hydrogens (tertiary/aromatic N) is 2. The highest BCUT2D eigenvalue weighted by atomic mass is 32.2. The summed E-state index contributed by atoms with van der Waals surface area (Å²) in [6, 6.07) is 6.91. The third-order valence-electron chi connectivity index (χ3n) is 2.54. The molecule has 2 aromatic rings. The van der Waals surface area contributed by atoms with Crippen molar-refractivity contribution in [1.29, 1.82) is 0 Å². The van der Waals surface area contributed by atoms with E-state index in [0.717, 1.165) is 11.8 Å². The first-order chi connectivity index (χ1) is 10.7. The van der Waals surface area contributed by atoms with E-state index in [2.05, 4.69) is 15.3 Å². The first-order valence-electron chi connectivity index (χ1n) is 6.19. The average Bonchev–Trinajstić information content (AvgIpc) is 2.44. The van der Waals surface area contributed by atoms with Gasteiger partial charge in [0.15, 0.2) is 5.16 Å². The summed E-state index contributed by atoms with van der Waals surface area (Å²) >= 11 is 1.07. The van der Waals surface area contributed by atoms with Crippen LogP contribution in [0, 0.1) is 0 Å². The minimum absolute atomic E-state index is 0.0338. The molecule has 0 bridgehead atoms. The van der Waals surface area contributed by atoms with E-state index in [-0.39, 0.29) is 28.2 Å². The molecule has 0 aliphatic carbocycles. The largest absolute Gasteiger partial charge is 0.383 e. The number of sulfonamides is 1. The van der Waals surface area contributed by atoms with Crippen molar-refractivity contribution in [3.8, 4) is 0 Å². The second-order valence-electron chi connectivity index (χ2n) is 4.41. The van der Waals surface area contributed by atoms with Crippen LogP contribution in [0.3, 0.4) is 0 Å². The number of carbonyl (C=O) groups is 1. The van der Waals surface area contributed by atoms with Gasteiger partial charge in [0, 0.05) is 11.8 Å². The van der Waals surface area contributed by atoms with Crippen molar-refractivity contribution in [1.82, 2.24) is 9.97 Å². The number of amides is 1. The fourth-order valence-electron chi connectivity index (χ4n) is 1.58. The van der Waals surface area contributed by atoms with E-state index < -0.39 is 10.0 Å². The van der Waals surface area contributed by atoms with Crippen molar-refractivity contribution < 1.29 is 13.2 Å². The zero-order valence-electron chi connectivity index (χ0n) is 11.8. The minimum atomic E-state index is -3.76. The molecule has 0 radical (unpaired) electrons. The molecule has 0 saturated carbocycles. The van der Waals surface area contributed by atoms with Gasteiger partial charge in [0.05, 0.1) is 10.6 Å². The number of aromatic nitrogens is 2. The van der Waals surface area contributed by atoms with Crippen molar-refractivity contribution in [2.24, 2.45) is 5.14 Å². The molecule has 1 aromatic carbocycles. The molecule has 0 fully saturated rings. The van der Waals surface area contributed by atoms with Crippen LogP contribution in [0.1, 0.15) is 0 Å². The van der Waals surface area contributed by atoms with Gasteiger partial charge in [-0.2, -0.15) is 0 Å². The standard InChI is InChI=1S/C12H14N6O3S2/c13-9-5-10(14)18-12(17-9)22-6-11(19)16-7-1-3-8(4-2-7)23(15,20)21/h1-5H,6H2,(H,16,19)(H2,15,20,21)(H4,13,14,17,18). The number of anilines is 3. The maximum absolute atomic E-state index is 11.8. The quantitative estimate of drug-likeness (QED) is 0.430. The Balaban J connectivity index is 1.94. The van der Waals surface area contributed by atoms with Crippen LogP contribution < -0.4 is 21.9 Å². The molecule has 0 saturated heterocycles. The van der Waals surface area contributed by atoms with E-state index in [1.54, 1.807) is 0 Å². The van der Waals surface area contributed by atoms with Crippen molar-refractivity contribution in [2.75, 3.05) is 22.5 Å². The van der Waals surface area contributed by atoms with Crippen molar-refractivity contribution in [3.63, 3.8) is 0 Å². The molecule has 1 heterocycles. The molecule has 1 aromatic heterocycles. The van der Waals surface area contributed by atoms with Gasteiger partial charge in [-0.05, 0) is 24.3 Å². The predicted molar refractivity (Wildman–Crippen MR) is 88.0 cm³/mol. The Morgan fingerprint density at radius 3 is 2.22 bits per heavy atom. The summed E-state index contributed by atoms with van der Waals surface area (Å²) in [5, 5.41) is 7.89. The Hall–Kier alpha value is -2.37. The van der Waals surface area contributed by atoms with Crippen LogP contribution >= 0.6 is 11.8 Å². The fourth-order valence-corrected chi connectivity index (χ4v) is 2.77. The molecule has 0 spiro atoms. The molecule has 23 heavy (non-hydrogen) atoms. The molecule has 1 amide bonds. The molecule has 9 nitrogen and oxygen atoms in total. The molecule has 122 valence electrons. The summed E-state index contributed by atoms with van der Waals surface area (Å²) in [5.41, 5.74) is 11.5. The van der Waals surface area contributed by atoms with Crippen LogP contribution in [0.4, 0.5) is 17.3 Å². The Morgan fingerprint density at radius 1 is 1.13 bits per heavy atom. The number of thioether (sulfide) groups is 1. The van der Waals surface area contributed by atoms with Gasteiger partial charge in [-0.1, -0.05) is 11.8 Å². The minimum Gasteiger partial charge on any atom is -0.383 e. The number of primary sulfonamides is 1. The summed E-state index contributed by atoms with van der Waals surface area (Å²) in [6.45, 7) is 0. The SMILES string of the molecule is Nc1cc(N)nc(SCC(=O)Nc2ccc(S(N)(=O)=O)cc2)n1. The van der Waals surface area contributed by atoms with Gasteiger partial charge in [-0.15, -0.1) is 0 Å². The molecular weight excluding hydrogens is 340 g/mol. The maximum Gasteiger partial charge on any atom is 0.238 e. The fraction of sp³-hybridized carbons (Fsp3) is 0.0833. The lowest BCUT2D eigenvalue weighted by molar-refractivity contribution is -0.113. The van der Waals surface area contributed by atoms with Crippen LogP contribution in [0.15, 0.2) is 40.4 Å². The predicted octanol–water partition coefficient (Wildman–Crippen LogP) is 0.0192. The second kappa shape index (κ2) is 6.81. The number of benzene rings is 1. The number of hydrogen-bond donors (Lipinski definition) is 4. The molecule has 0 aliphatic heterocycles. The van der Waals surface area contributed by atoms with Gasteiger partial charge < -0.3 is 16.8 Å². The number of nitrogen functional groups attached to an aromatic ring is 2. The highest BCUT2D eigenvalue weighted by Gasteiger charge is 2.09. The van der Waals surface area contributed by atoms with Gasteiger partial charge in [0.1, 0.15) is 11.6 Å². The molecule has 0 atom stereocenters. The third-order valence-corrected chi connectivity index (χ3v) is 4.32. The van der Waals surface area contributed by atoms with E-state index in [9.17, 15) is 13.2 Å². The van der Waals surface area contributed by atoms with Crippen LogP contribution in [-0.4, -0.2) is 30.0 Å². The van der Waals surface area contributed by atoms with Crippen LogP contribution in [0.5, 0.6) is 0 Å². The van der Waals surface area contributed by atoms with Crippen molar-refractivity contribution in [3.05, 3.63) is 30.3 Å². The van der Waals surface area contributed by atoms with Gasteiger partial charge in [0.25, 0.3) is 0 Å². The summed E-state index contributed by atoms with van der Waals surface area (Å²) in [7, 11) is -3.76. The van der Waals surface area contributed by atoms with Gasteiger partial charge in [-0.25, -0.2) is 23.5 Å². The first kappa shape index (κ1) is 17.0. The number of rotatable bonds is 5. The van der Waals surface area contributed by atoms with Crippen LogP contribution in [0.2, 0.25) is 0 Å². The Bertz CT molecular complexity index is 803. The van der Waals surface area contributed by atoms with Crippen LogP contribution in [0.25, 0.3) is 0 Å². The normalized spacial score (nSPS) is 11.2. The maximum atomic E-state index is 11.8. The lowest BCUT2D eigenvalue weighted by Gasteiger charge is -2.06. The van der Waals surface area contributed by atoms with E-state index in [0.29, 0.717) is 10.8 Å².